The van der Waals surface area contributed by atoms with Crippen LogP contribution in [0, 0.1) is 0 Å². The Morgan fingerprint density at radius 3 is 2.42 bits per heavy atom. The summed E-state index contributed by atoms with van der Waals surface area (Å²) in [5.74, 6) is -1.28. The van der Waals surface area contributed by atoms with E-state index >= 15 is 0 Å². The number of hydrazone groups is 1. The van der Waals surface area contributed by atoms with Crippen LogP contribution in [-0.2, 0) is 0 Å². The van der Waals surface area contributed by atoms with Gasteiger partial charge in [-0.1, -0.05) is 0 Å². The number of nitrogens with one attached hydrogen (secondary N) is 1. The minimum atomic E-state index is -0.662. The molecule has 0 spiro atoms. The highest BCUT2D eigenvalue weighted by Crippen LogP contribution is 2.36. The van der Waals surface area contributed by atoms with E-state index in [2.05, 4.69) is 10.5 Å². The number of rotatable bonds is 5. The normalized spacial score (nSPS) is 10.6. The Morgan fingerprint density at radius 1 is 1.04 bits per heavy atom. The Bertz CT molecular complexity index is 788. The van der Waals surface area contributed by atoms with Crippen LogP contribution in [-0.4, -0.2) is 41.7 Å². The van der Waals surface area contributed by atoms with Gasteiger partial charge in [0.1, 0.15) is 0 Å². The molecule has 0 fully saturated rings. The molecule has 2 aromatic carbocycles. The van der Waals surface area contributed by atoms with Crippen molar-refractivity contribution in [3.05, 3.63) is 41.5 Å². The molecular weight excluding hydrogens is 316 g/mol. The van der Waals surface area contributed by atoms with Crippen molar-refractivity contribution in [1.82, 2.24) is 5.43 Å². The summed E-state index contributed by atoms with van der Waals surface area (Å²) in [6.07, 6.45) is 1.13. The first-order valence-electron chi connectivity index (χ1n) is 6.77. The summed E-state index contributed by atoms with van der Waals surface area (Å²) in [5.41, 5.74) is 2.69. The summed E-state index contributed by atoms with van der Waals surface area (Å²) < 4.78 is 10.2. The lowest BCUT2D eigenvalue weighted by molar-refractivity contribution is 0.0954. The average Bonchev–Trinajstić information content (AvgIpc) is 2.60. The Hall–Kier alpha value is -3.42. The Kier molecular flexibility index (Phi) is 5.10. The molecule has 0 aliphatic heterocycles. The average molecular weight is 332 g/mol. The van der Waals surface area contributed by atoms with Gasteiger partial charge in [0.25, 0.3) is 5.91 Å². The number of carbonyl (C=O) groups excluding carboxylic acids is 1. The third-order valence-corrected chi connectivity index (χ3v) is 3.18. The molecule has 0 bridgehead atoms. The maximum atomic E-state index is 12.0. The third-order valence-electron chi connectivity index (χ3n) is 3.18. The summed E-state index contributed by atoms with van der Waals surface area (Å²) in [4.78, 5) is 12.0. The van der Waals surface area contributed by atoms with Gasteiger partial charge in [-0.2, -0.15) is 5.10 Å². The van der Waals surface area contributed by atoms with Gasteiger partial charge < -0.3 is 24.8 Å². The number of phenols is 3. The maximum absolute atomic E-state index is 12.0. The van der Waals surface area contributed by atoms with E-state index in [9.17, 15) is 20.1 Å². The van der Waals surface area contributed by atoms with E-state index < -0.39 is 23.2 Å². The molecule has 1 amide bonds. The highest BCUT2D eigenvalue weighted by molar-refractivity contribution is 5.95. The minimum Gasteiger partial charge on any atom is -0.504 e. The SMILES string of the molecule is COc1ccc(C(=O)NN=Cc2ccc(O)c(O)c2O)cc1OC. The first-order valence-corrected chi connectivity index (χ1v) is 6.77. The first kappa shape index (κ1) is 16.9. The molecule has 0 saturated heterocycles. The van der Waals surface area contributed by atoms with Gasteiger partial charge in [0, 0.05) is 11.1 Å². The molecule has 0 unspecified atom stereocenters. The van der Waals surface area contributed by atoms with E-state index in [-0.39, 0.29) is 5.56 Å². The topological polar surface area (TPSA) is 121 Å². The fraction of sp³-hybridized carbons (Fsp3) is 0.125. The van der Waals surface area contributed by atoms with Gasteiger partial charge in [-0.05, 0) is 30.3 Å². The number of methoxy groups -OCH3 is 2. The van der Waals surface area contributed by atoms with Crippen molar-refractivity contribution in [1.29, 1.82) is 0 Å². The molecule has 0 atom stereocenters. The van der Waals surface area contributed by atoms with Gasteiger partial charge in [0.2, 0.25) is 5.75 Å². The smallest absolute Gasteiger partial charge is 0.271 e. The number of phenolic OH excluding ortho intramolecular Hbond substituents is 3. The zero-order valence-electron chi connectivity index (χ0n) is 13.0. The number of hydrogen-bond acceptors (Lipinski definition) is 7. The van der Waals surface area contributed by atoms with Crippen LogP contribution in [0.25, 0.3) is 0 Å². The molecule has 0 radical (unpaired) electrons. The van der Waals surface area contributed by atoms with Crippen molar-refractivity contribution in [2.75, 3.05) is 14.2 Å². The lowest BCUT2D eigenvalue weighted by Crippen LogP contribution is -2.17. The number of benzene rings is 2. The second kappa shape index (κ2) is 7.23. The van der Waals surface area contributed by atoms with Crippen LogP contribution in [0.15, 0.2) is 35.4 Å². The maximum Gasteiger partial charge on any atom is 0.271 e. The summed E-state index contributed by atoms with van der Waals surface area (Å²) >= 11 is 0. The molecule has 2 aromatic rings. The van der Waals surface area contributed by atoms with E-state index in [0.29, 0.717) is 17.1 Å². The van der Waals surface area contributed by atoms with Crippen LogP contribution >= 0.6 is 0 Å². The quantitative estimate of drug-likeness (QED) is 0.375. The number of ether oxygens (including phenoxy) is 2. The Morgan fingerprint density at radius 2 is 1.75 bits per heavy atom. The van der Waals surface area contributed by atoms with Crippen LogP contribution in [0.4, 0.5) is 0 Å². The fourth-order valence-electron chi connectivity index (χ4n) is 1.89. The number of aromatic hydroxyl groups is 3. The zero-order valence-corrected chi connectivity index (χ0v) is 13.0. The number of carbonyl (C=O) groups is 1. The predicted octanol–water partition coefficient (Wildman–Crippen LogP) is 1.58. The number of nitrogens with zero attached hydrogens (tertiary/aromatic N) is 1. The molecular formula is C16H16N2O6. The van der Waals surface area contributed by atoms with Crippen molar-refractivity contribution in [2.24, 2.45) is 5.10 Å². The lowest BCUT2D eigenvalue weighted by atomic mass is 10.2. The van der Waals surface area contributed by atoms with E-state index in [0.717, 1.165) is 6.21 Å². The molecule has 24 heavy (non-hydrogen) atoms. The monoisotopic (exact) mass is 332 g/mol. The predicted molar refractivity (Wildman–Crippen MR) is 86.0 cm³/mol. The summed E-state index contributed by atoms with van der Waals surface area (Å²) in [7, 11) is 2.94. The molecule has 0 aliphatic rings. The second-order valence-electron chi connectivity index (χ2n) is 4.64. The van der Waals surface area contributed by atoms with Crippen LogP contribution in [0.1, 0.15) is 15.9 Å². The fourth-order valence-corrected chi connectivity index (χ4v) is 1.89. The largest absolute Gasteiger partial charge is 0.504 e. The van der Waals surface area contributed by atoms with Gasteiger partial charge in [0.15, 0.2) is 23.0 Å². The molecule has 8 nitrogen and oxygen atoms in total. The number of hydrogen-bond donors (Lipinski definition) is 4. The molecule has 8 heteroatoms. The molecule has 0 aliphatic carbocycles. The first-order chi connectivity index (χ1) is 11.5. The Balaban J connectivity index is 2.12. The van der Waals surface area contributed by atoms with E-state index in [1.54, 1.807) is 6.07 Å². The Labute approximate surface area is 137 Å². The second-order valence-corrected chi connectivity index (χ2v) is 4.64. The van der Waals surface area contributed by atoms with Gasteiger partial charge in [-0.3, -0.25) is 4.79 Å². The molecule has 0 aromatic heterocycles. The van der Waals surface area contributed by atoms with Crippen molar-refractivity contribution < 1.29 is 29.6 Å². The van der Waals surface area contributed by atoms with Gasteiger partial charge in [0.05, 0.1) is 20.4 Å². The van der Waals surface area contributed by atoms with Crippen molar-refractivity contribution in [2.45, 2.75) is 0 Å². The number of amides is 1. The minimum absolute atomic E-state index is 0.123. The van der Waals surface area contributed by atoms with Crippen LogP contribution in [0.2, 0.25) is 0 Å². The van der Waals surface area contributed by atoms with Gasteiger partial charge >= 0.3 is 0 Å². The standard InChI is InChI=1S/C16H16N2O6/c1-23-12-6-4-9(7-13(12)24-2)16(22)18-17-8-10-3-5-11(19)15(21)14(10)20/h3-8,19-21H,1-2H3,(H,18,22). The summed E-state index contributed by atoms with van der Waals surface area (Å²) in [6.45, 7) is 0. The van der Waals surface area contributed by atoms with E-state index in [1.165, 1.54) is 38.5 Å². The lowest BCUT2D eigenvalue weighted by Gasteiger charge is -2.08. The van der Waals surface area contributed by atoms with Crippen LogP contribution < -0.4 is 14.9 Å². The highest BCUT2D eigenvalue weighted by Gasteiger charge is 2.11. The van der Waals surface area contributed by atoms with Crippen LogP contribution in [0.5, 0.6) is 28.7 Å². The zero-order chi connectivity index (χ0) is 17.7. The summed E-state index contributed by atoms with van der Waals surface area (Å²) in [6, 6.07) is 7.13. The molecule has 0 heterocycles. The molecule has 0 saturated carbocycles. The highest BCUT2D eigenvalue weighted by atomic mass is 16.5. The van der Waals surface area contributed by atoms with Gasteiger partial charge in [-0.25, -0.2) is 5.43 Å². The van der Waals surface area contributed by atoms with Crippen molar-refractivity contribution in [3.8, 4) is 28.7 Å². The van der Waals surface area contributed by atoms with Gasteiger partial charge in [-0.15, -0.1) is 0 Å². The van der Waals surface area contributed by atoms with E-state index in [1.807, 2.05) is 0 Å². The summed E-state index contributed by atoms with van der Waals surface area (Å²) in [5, 5.41) is 32.0. The van der Waals surface area contributed by atoms with E-state index in [4.69, 9.17) is 9.47 Å². The van der Waals surface area contributed by atoms with Crippen LogP contribution in [0.3, 0.4) is 0 Å². The molecule has 126 valence electrons. The van der Waals surface area contributed by atoms with Crippen molar-refractivity contribution in [3.63, 3.8) is 0 Å². The molecule has 4 N–H and O–H groups in total. The van der Waals surface area contributed by atoms with Crippen molar-refractivity contribution >= 4 is 12.1 Å². The molecule has 2 rings (SSSR count). The third kappa shape index (κ3) is 3.49.